The summed E-state index contributed by atoms with van der Waals surface area (Å²) in [5.41, 5.74) is 0. The Morgan fingerprint density at radius 2 is 1.75 bits per heavy atom. The SMILES string of the molecule is C.CC[Si](C)(C)NC. The van der Waals surface area contributed by atoms with Gasteiger partial charge in [0, 0.05) is 0 Å². The van der Waals surface area contributed by atoms with Crippen LogP contribution in [0.4, 0.5) is 0 Å². The fourth-order valence-electron chi connectivity index (χ4n) is 0.177. The summed E-state index contributed by atoms with van der Waals surface area (Å²) in [4.78, 5) is 3.33. The van der Waals surface area contributed by atoms with E-state index in [1.165, 1.54) is 6.04 Å². The Labute approximate surface area is 54.6 Å². The minimum atomic E-state index is -0.901. The van der Waals surface area contributed by atoms with Crippen molar-refractivity contribution in [1.82, 2.24) is 4.98 Å². The standard InChI is InChI=1S/C5H15NSi.CH4/c1-5-7(3,4)6-2;/h6H,5H2,1-4H3;1H4. The molecule has 0 unspecified atom stereocenters. The lowest BCUT2D eigenvalue weighted by atomic mass is 11.0. The first-order chi connectivity index (χ1) is 3.12. The summed E-state index contributed by atoms with van der Waals surface area (Å²) in [5, 5.41) is 0. The molecule has 2 heteroatoms. The van der Waals surface area contributed by atoms with Crippen LogP contribution in [0.1, 0.15) is 14.4 Å². The van der Waals surface area contributed by atoms with Crippen LogP contribution < -0.4 is 4.98 Å². The zero-order valence-corrected chi connectivity index (χ0v) is 6.71. The first-order valence-electron chi connectivity index (χ1n) is 2.81. The van der Waals surface area contributed by atoms with Crippen molar-refractivity contribution in [2.24, 2.45) is 0 Å². The van der Waals surface area contributed by atoms with Gasteiger partial charge in [-0.2, -0.15) is 0 Å². The third kappa shape index (κ3) is 4.34. The van der Waals surface area contributed by atoms with Gasteiger partial charge in [-0.1, -0.05) is 27.4 Å². The maximum absolute atomic E-state index is 3.33. The highest BCUT2D eigenvalue weighted by atomic mass is 28.3. The van der Waals surface area contributed by atoms with Crippen molar-refractivity contribution < 1.29 is 0 Å². The molecule has 0 bridgehead atoms. The molecular weight excluding hydrogens is 114 g/mol. The van der Waals surface area contributed by atoms with Crippen molar-refractivity contribution in [2.75, 3.05) is 7.05 Å². The van der Waals surface area contributed by atoms with Crippen LogP contribution >= 0.6 is 0 Å². The lowest BCUT2D eigenvalue weighted by molar-refractivity contribution is 1.11. The minimum Gasteiger partial charge on any atom is -0.340 e. The summed E-state index contributed by atoms with van der Waals surface area (Å²) >= 11 is 0. The molecule has 0 aliphatic rings. The van der Waals surface area contributed by atoms with E-state index in [-0.39, 0.29) is 7.43 Å². The average Bonchev–Trinajstić information content (AvgIpc) is 1.68. The van der Waals surface area contributed by atoms with Gasteiger partial charge in [0.15, 0.2) is 0 Å². The Kier molecular flexibility index (Phi) is 5.65. The van der Waals surface area contributed by atoms with E-state index in [1.54, 1.807) is 0 Å². The van der Waals surface area contributed by atoms with Crippen LogP contribution in [0.5, 0.6) is 0 Å². The predicted octanol–water partition coefficient (Wildman–Crippen LogP) is 2.07. The fourth-order valence-corrected chi connectivity index (χ4v) is 0.530. The molecule has 0 radical (unpaired) electrons. The normalized spacial score (nSPS) is 10.5. The van der Waals surface area contributed by atoms with Crippen LogP contribution in [-0.2, 0) is 0 Å². The molecule has 0 heterocycles. The monoisotopic (exact) mass is 133 g/mol. The second kappa shape index (κ2) is 4.10. The first-order valence-corrected chi connectivity index (χ1v) is 6.02. The highest BCUT2D eigenvalue weighted by molar-refractivity contribution is 6.74. The highest BCUT2D eigenvalue weighted by Crippen LogP contribution is 2.00. The van der Waals surface area contributed by atoms with E-state index in [0.717, 1.165) is 0 Å². The van der Waals surface area contributed by atoms with Crippen molar-refractivity contribution in [2.45, 2.75) is 33.5 Å². The van der Waals surface area contributed by atoms with Crippen molar-refractivity contribution >= 4 is 8.24 Å². The summed E-state index contributed by atoms with van der Waals surface area (Å²) < 4.78 is 0. The van der Waals surface area contributed by atoms with Crippen LogP contribution in [0.2, 0.25) is 19.1 Å². The van der Waals surface area contributed by atoms with Crippen molar-refractivity contribution in [3.05, 3.63) is 0 Å². The third-order valence-corrected chi connectivity index (χ3v) is 4.68. The minimum absolute atomic E-state index is 0. The number of hydrogen-bond donors (Lipinski definition) is 1. The summed E-state index contributed by atoms with van der Waals surface area (Å²) in [6.07, 6.45) is 0. The van der Waals surface area contributed by atoms with Crippen molar-refractivity contribution in [1.29, 1.82) is 0 Å². The van der Waals surface area contributed by atoms with Gasteiger partial charge in [-0.05, 0) is 13.1 Å². The second-order valence-electron chi connectivity index (χ2n) is 2.49. The molecule has 52 valence electrons. The quantitative estimate of drug-likeness (QED) is 0.569. The van der Waals surface area contributed by atoms with Gasteiger partial charge in [-0.3, -0.25) is 0 Å². The molecule has 0 saturated heterocycles. The lowest BCUT2D eigenvalue weighted by Gasteiger charge is -2.17. The molecule has 0 aliphatic heterocycles. The maximum atomic E-state index is 3.33. The van der Waals surface area contributed by atoms with E-state index in [2.05, 4.69) is 32.0 Å². The van der Waals surface area contributed by atoms with Gasteiger partial charge in [-0.15, -0.1) is 0 Å². The van der Waals surface area contributed by atoms with E-state index in [9.17, 15) is 0 Å². The van der Waals surface area contributed by atoms with E-state index >= 15 is 0 Å². The van der Waals surface area contributed by atoms with Gasteiger partial charge >= 0.3 is 0 Å². The maximum Gasteiger partial charge on any atom is 0.118 e. The number of rotatable bonds is 2. The molecule has 0 aliphatic carbocycles. The van der Waals surface area contributed by atoms with Gasteiger partial charge in [0.1, 0.15) is 8.24 Å². The highest BCUT2D eigenvalue weighted by Gasteiger charge is 2.12. The van der Waals surface area contributed by atoms with Crippen LogP contribution in [0.15, 0.2) is 0 Å². The second-order valence-corrected chi connectivity index (χ2v) is 7.46. The average molecular weight is 133 g/mol. The Morgan fingerprint density at radius 1 is 1.38 bits per heavy atom. The van der Waals surface area contributed by atoms with Crippen molar-refractivity contribution in [3.8, 4) is 0 Å². The molecule has 1 nitrogen and oxygen atoms in total. The summed E-state index contributed by atoms with van der Waals surface area (Å²) in [6.45, 7) is 6.89. The van der Waals surface area contributed by atoms with E-state index in [0.29, 0.717) is 0 Å². The molecule has 0 fully saturated rings. The zero-order chi connectivity index (χ0) is 5.91. The Hall–Kier alpha value is 0.177. The van der Waals surface area contributed by atoms with Crippen LogP contribution in [0.3, 0.4) is 0 Å². The predicted molar refractivity (Wildman–Crippen MR) is 43.8 cm³/mol. The summed E-state index contributed by atoms with van der Waals surface area (Å²) in [6, 6.07) is 1.32. The molecule has 0 aromatic rings. The number of nitrogens with one attached hydrogen (secondary N) is 1. The molecule has 1 N–H and O–H groups in total. The van der Waals surface area contributed by atoms with Gasteiger partial charge in [0.25, 0.3) is 0 Å². The molecule has 0 rings (SSSR count). The van der Waals surface area contributed by atoms with Gasteiger partial charge in [0.05, 0.1) is 0 Å². The zero-order valence-electron chi connectivity index (χ0n) is 5.71. The summed E-state index contributed by atoms with van der Waals surface area (Å²) in [5.74, 6) is 0. The lowest BCUT2D eigenvalue weighted by Crippen LogP contribution is -2.40. The molecular formula is C6H19NSi. The fraction of sp³-hybridized carbons (Fsp3) is 1.00. The van der Waals surface area contributed by atoms with Crippen molar-refractivity contribution in [3.63, 3.8) is 0 Å². The van der Waals surface area contributed by atoms with Crippen LogP contribution in [0, 0.1) is 0 Å². The van der Waals surface area contributed by atoms with Gasteiger partial charge in [0.2, 0.25) is 0 Å². The molecule has 0 aromatic heterocycles. The van der Waals surface area contributed by atoms with E-state index in [1.807, 2.05) is 0 Å². The van der Waals surface area contributed by atoms with Crippen LogP contribution in [-0.4, -0.2) is 15.3 Å². The Bertz CT molecular complexity index is 46.5. The molecule has 0 spiro atoms. The largest absolute Gasteiger partial charge is 0.340 e. The van der Waals surface area contributed by atoms with Gasteiger partial charge in [-0.25, -0.2) is 0 Å². The third-order valence-electron chi connectivity index (χ3n) is 1.56. The molecule has 0 saturated carbocycles. The smallest absolute Gasteiger partial charge is 0.118 e. The topological polar surface area (TPSA) is 12.0 Å². The molecule has 0 atom stereocenters. The molecule has 0 amide bonds. The molecule has 0 aromatic carbocycles. The number of hydrogen-bond acceptors (Lipinski definition) is 1. The Balaban J connectivity index is 0. The van der Waals surface area contributed by atoms with Crippen LogP contribution in [0.25, 0.3) is 0 Å². The van der Waals surface area contributed by atoms with E-state index in [4.69, 9.17) is 0 Å². The Morgan fingerprint density at radius 3 is 1.75 bits per heavy atom. The van der Waals surface area contributed by atoms with E-state index < -0.39 is 8.24 Å². The van der Waals surface area contributed by atoms with Gasteiger partial charge < -0.3 is 4.98 Å². The first kappa shape index (κ1) is 11.0. The molecule has 8 heavy (non-hydrogen) atoms. The summed E-state index contributed by atoms with van der Waals surface area (Å²) in [7, 11) is 1.15.